The Labute approximate surface area is 268 Å². The van der Waals surface area contributed by atoms with Crippen LogP contribution < -0.4 is 10.6 Å². The summed E-state index contributed by atoms with van der Waals surface area (Å²) in [6, 6.07) is 14.8. The minimum atomic E-state index is -0.791. The number of aryl methyl sites for hydroxylation is 1. The number of rotatable bonds is 8. The highest BCUT2D eigenvalue weighted by molar-refractivity contribution is 6.11. The average molecular weight is 626 g/mol. The number of benzene rings is 2. The quantitative estimate of drug-likeness (QED) is 0.284. The molecule has 2 aromatic carbocycles. The van der Waals surface area contributed by atoms with Crippen LogP contribution in [-0.2, 0) is 9.59 Å². The van der Waals surface area contributed by atoms with Gasteiger partial charge in [-0.1, -0.05) is 0 Å². The molecule has 46 heavy (non-hydrogen) atoms. The number of aliphatic imine (C=N–C) groups is 1. The number of nitrogens with zero attached hydrogens (tertiary/aromatic N) is 5. The minimum absolute atomic E-state index is 0.0211. The molecule has 2 aliphatic rings. The molecule has 0 aliphatic carbocycles. The first kappa shape index (κ1) is 32.2. The van der Waals surface area contributed by atoms with Crippen molar-refractivity contribution in [2.45, 2.75) is 51.5 Å². The van der Waals surface area contributed by atoms with E-state index >= 15 is 0 Å². The average Bonchev–Trinajstić information content (AvgIpc) is 3.69. The third-order valence-electron chi connectivity index (χ3n) is 8.26. The molecule has 1 unspecified atom stereocenters. The molecule has 1 atom stereocenters. The van der Waals surface area contributed by atoms with E-state index < -0.39 is 11.9 Å². The molecule has 2 N–H and O–H groups in total. The predicted octanol–water partition coefficient (Wildman–Crippen LogP) is 3.93. The van der Waals surface area contributed by atoms with Crippen molar-refractivity contribution in [1.29, 1.82) is 5.26 Å². The Morgan fingerprint density at radius 1 is 1.02 bits per heavy atom. The van der Waals surface area contributed by atoms with Crippen LogP contribution in [0.2, 0.25) is 0 Å². The minimum Gasteiger partial charge on any atom is -0.461 e. The van der Waals surface area contributed by atoms with Crippen molar-refractivity contribution in [3.63, 3.8) is 0 Å². The number of guanidine groups is 1. The highest BCUT2D eigenvalue weighted by Crippen LogP contribution is 2.23. The second kappa shape index (κ2) is 14.7. The fourth-order valence-corrected chi connectivity index (χ4v) is 5.72. The van der Waals surface area contributed by atoms with Crippen LogP contribution in [0.1, 0.15) is 65.0 Å². The number of amides is 4. The Bertz CT molecular complexity index is 1670. The van der Waals surface area contributed by atoms with Gasteiger partial charge in [-0.05, 0) is 87.6 Å². The lowest BCUT2D eigenvalue weighted by atomic mass is 10.1. The van der Waals surface area contributed by atoms with E-state index in [2.05, 4.69) is 10.6 Å². The van der Waals surface area contributed by atoms with Gasteiger partial charge in [0.25, 0.3) is 11.8 Å². The molecule has 240 valence electrons. The summed E-state index contributed by atoms with van der Waals surface area (Å²) in [5, 5.41) is 15.7. The van der Waals surface area contributed by atoms with E-state index in [4.69, 9.17) is 14.7 Å². The fraction of sp³-hybridized carbons (Fsp3) is 0.412. The third kappa shape index (κ3) is 7.90. The number of carbonyl (C=O) groups excluding carboxylic acids is 4. The van der Waals surface area contributed by atoms with Crippen LogP contribution in [0.3, 0.4) is 0 Å². The van der Waals surface area contributed by atoms with E-state index in [1.54, 1.807) is 47.2 Å². The molecular weight excluding hydrogens is 586 g/mol. The molecule has 12 heteroatoms. The summed E-state index contributed by atoms with van der Waals surface area (Å²) in [5.74, 6) is -0.180. The SMILES string of the molecule is Cc1cc2cc(NC(=NC3CCCCN(CC(=O)N4CCCC4)C3=O)NC(=O)c3ccc(C(=O)N(C)CCC#N)cc3)ccc2o1. The van der Waals surface area contributed by atoms with Gasteiger partial charge in [-0.25, -0.2) is 4.99 Å². The van der Waals surface area contributed by atoms with Crippen LogP contribution in [0.25, 0.3) is 11.0 Å². The lowest BCUT2D eigenvalue weighted by Gasteiger charge is -2.25. The maximum absolute atomic E-state index is 13.7. The summed E-state index contributed by atoms with van der Waals surface area (Å²) in [4.78, 5) is 62.3. The number of nitrogens with one attached hydrogen (secondary N) is 2. The molecule has 2 saturated heterocycles. The monoisotopic (exact) mass is 625 g/mol. The van der Waals surface area contributed by atoms with Gasteiger partial charge in [0.1, 0.15) is 17.4 Å². The zero-order valence-corrected chi connectivity index (χ0v) is 26.3. The van der Waals surface area contributed by atoms with E-state index in [0.29, 0.717) is 30.8 Å². The second-order valence-electron chi connectivity index (χ2n) is 11.7. The standard InChI is InChI=1S/C34H39N7O5/c1-23-20-26-21-27(13-14-29(26)46-23)36-34(38-31(43)24-9-11-25(12-10-24)32(44)39(2)16-7-15-35)37-28-8-3-4-19-41(33(28)45)22-30(42)40-17-5-6-18-40/h9-14,20-21,28H,3-8,16-19,22H2,1-2H3,(H2,36,37,38,43). The summed E-state index contributed by atoms with van der Waals surface area (Å²) >= 11 is 0. The Balaban J connectivity index is 1.37. The lowest BCUT2D eigenvalue weighted by molar-refractivity contribution is -0.140. The van der Waals surface area contributed by atoms with Crippen LogP contribution >= 0.6 is 0 Å². The predicted molar refractivity (Wildman–Crippen MR) is 173 cm³/mol. The van der Waals surface area contributed by atoms with Gasteiger partial charge in [0, 0.05) is 55.4 Å². The molecule has 0 bridgehead atoms. The molecule has 2 aliphatic heterocycles. The number of carbonyl (C=O) groups is 4. The zero-order chi connectivity index (χ0) is 32.6. The lowest BCUT2D eigenvalue weighted by Crippen LogP contribution is -2.45. The van der Waals surface area contributed by atoms with Crippen molar-refractivity contribution in [2.24, 2.45) is 4.99 Å². The topological polar surface area (TPSA) is 151 Å². The number of hydrogen-bond donors (Lipinski definition) is 2. The Kier molecular flexibility index (Phi) is 10.3. The van der Waals surface area contributed by atoms with Gasteiger partial charge in [0.05, 0.1) is 19.0 Å². The van der Waals surface area contributed by atoms with E-state index in [-0.39, 0.29) is 42.2 Å². The molecule has 3 aromatic rings. The Morgan fingerprint density at radius 2 is 1.74 bits per heavy atom. The maximum atomic E-state index is 13.7. The first-order valence-electron chi connectivity index (χ1n) is 15.7. The third-order valence-corrected chi connectivity index (χ3v) is 8.26. The highest BCUT2D eigenvalue weighted by atomic mass is 16.3. The smallest absolute Gasteiger partial charge is 0.257 e. The summed E-state index contributed by atoms with van der Waals surface area (Å²) in [6.07, 6.45) is 4.15. The summed E-state index contributed by atoms with van der Waals surface area (Å²) in [7, 11) is 1.62. The van der Waals surface area contributed by atoms with Gasteiger partial charge in [-0.3, -0.25) is 24.5 Å². The highest BCUT2D eigenvalue weighted by Gasteiger charge is 2.30. The molecule has 2 fully saturated rings. The maximum Gasteiger partial charge on any atom is 0.257 e. The van der Waals surface area contributed by atoms with Crippen molar-refractivity contribution in [1.82, 2.24) is 20.0 Å². The molecule has 12 nitrogen and oxygen atoms in total. The van der Waals surface area contributed by atoms with E-state index in [9.17, 15) is 19.2 Å². The van der Waals surface area contributed by atoms with Crippen LogP contribution in [-0.4, -0.2) is 90.1 Å². The first-order valence-corrected chi connectivity index (χ1v) is 15.7. The molecule has 0 saturated carbocycles. The van der Waals surface area contributed by atoms with Crippen LogP contribution in [0, 0.1) is 18.3 Å². The molecule has 4 amide bonds. The van der Waals surface area contributed by atoms with Crippen LogP contribution in [0.4, 0.5) is 5.69 Å². The largest absolute Gasteiger partial charge is 0.461 e. The van der Waals surface area contributed by atoms with Gasteiger partial charge in [0.15, 0.2) is 0 Å². The number of hydrogen-bond acceptors (Lipinski definition) is 7. The molecule has 0 spiro atoms. The summed E-state index contributed by atoms with van der Waals surface area (Å²) < 4.78 is 5.69. The van der Waals surface area contributed by atoms with E-state index in [1.807, 2.05) is 31.2 Å². The Morgan fingerprint density at radius 3 is 2.48 bits per heavy atom. The van der Waals surface area contributed by atoms with Gasteiger partial charge < -0.3 is 24.4 Å². The fourth-order valence-electron chi connectivity index (χ4n) is 5.72. The van der Waals surface area contributed by atoms with Crippen molar-refractivity contribution < 1.29 is 23.6 Å². The van der Waals surface area contributed by atoms with E-state index in [1.165, 1.54) is 4.90 Å². The van der Waals surface area contributed by atoms with Crippen molar-refractivity contribution in [2.75, 3.05) is 45.1 Å². The molecule has 5 rings (SSSR count). The van der Waals surface area contributed by atoms with E-state index in [0.717, 1.165) is 55.5 Å². The van der Waals surface area contributed by atoms with Gasteiger partial charge >= 0.3 is 0 Å². The summed E-state index contributed by atoms with van der Waals surface area (Å²) in [6.45, 7) is 4.10. The first-order chi connectivity index (χ1) is 22.2. The Hall–Kier alpha value is -5.18. The van der Waals surface area contributed by atoms with Gasteiger partial charge in [0.2, 0.25) is 17.8 Å². The van der Waals surface area contributed by atoms with Crippen molar-refractivity contribution >= 4 is 46.2 Å². The molecule has 0 radical (unpaired) electrons. The van der Waals surface area contributed by atoms with Crippen LogP contribution in [0.15, 0.2) is 57.9 Å². The number of likely N-dealkylation sites (tertiary alicyclic amines) is 2. The zero-order valence-electron chi connectivity index (χ0n) is 26.3. The number of nitriles is 1. The van der Waals surface area contributed by atoms with Crippen molar-refractivity contribution in [3.05, 3.63) is 65.4 Å². The number of fused-ring (bicyclic) bond motifs is 1. The van der Waals surface area contributed by atoms with Gasteiger partial charge in [-0.2, -0.15) is 5.26 Å². The summed E-state index contributed by atoms with van der Waals surface area (Å²) in [5.41, 5.74) is 2.03. The van der Waals surface area contributed by atoms with Crippen LogP contribution in [0.5, 0.6) is 0 Å². The molecule has 1 aromatic heterocycles. The van der Waals surface area contributed by atoms with Gasteiger partial charge in [-0.15, -0.1) is 0 Å². The second-order valence-corrected chi connectivity index (χ2v) is 11.7. The normalized spacial score (nSPS) is 17.0. The van der Waals surface area contributed by atoms with Crippen molar-refractivity contribution in [3.8, 4) is 6.07 Å². The molecule has 3 heterocycles. The number of anilines is 1. The molecular formula is C34H39N7O5. The number of furan rings is 1.